The summed E-state index contributed by atoms with van der Waals surface area (Å²) in [6, 6.07) is 0. The molecule has 0 saturated heterocycles. The predicted molar refractivity (Wildman–Crippen MR) is 82.7 cm³/mol. The smallest absolute Gasteiger partial charge is 0.239 e. The molecule has 0 atom stereocenters. The van der Waals surface area contributed by atoms with Crippen LogP contribution >= 0.6 is 0 Å². The number of carbonyl (C=O) groups excluding carboxylic acids is 2. The van der Waals surface area contributed by atoms with Crippen LogP contribution in [0.1, 0.15) is 53.4 Å². The Labute approximate surface area is 128 Å². The molecule has 0 aromatic heterocycles. The van der Waals surface area contributed by atoms with Gasteiger partial charge in [-0.15, -0.1) is 0 Å². The summed E-state index contributed by atoms with van der Waals surface area (Å²) in [6.45, 7) is 8.45. The molecule has 0 aromatic carbocycles. The van der Waals surface area contributed by atoms with E-state index in [0.29, 0.717) is 5.92 Å². The van der Waals surface area contributed by atoms with Crippen molar-refractivity contribution in [2.75, 3.05) is 20.1 Å². The summed E-state index contributed by atoms with van der Waals surface area (Å²) in [6.07, 6.45) is 3.42. The molecular formula is C16H30N2O3. The summed E-state index contributed by atoms with van der Waals surface area (Å²) in [5.41, 5.74) is -0.527. The lowest BCUT2D eigenvalue weighted by molar-refractivity contribution is -0.133. The quantitative estimate of drug-likeness (QED) is 0.827. The topological polar surface area (TPSA) is 69.6 Å². The summed E-state index contributed by atoms with van der Waals surface area (Å²) < 4.78 is 0. The summed E-state index contributed by atoms with van der Waals surface area (Å²) in [5, 5.41) is 13.3. The number of hydrogen-bond donors (Lipinski definition) is 2. The number of aliphatic hydroxyl groups is 1. The Morgan fingerprint density at radius 2 is 1.81 bits per heavy atom. The highest BCUT2D eigenvalue weighted by Crippen LogP contribution is 2.41. The van der Waals surface area contributed by atoms with Gasteiger partial charge >= 0.3 is 0 Å². The van der Waals surface area contributed by atoms with E-state index in [9.17, 15) is 14.7 Å². The largest absolute Gasteiger partial charge is 0.388 e. The van der Waals surface area contributed by atoms with Crippen LogP contribution in [0.3, 0.4) is 0 Å². The number of likely N-dealkylation sites (N-methyl/N-ethyl adjacent to an activating group) is 1. The fraction of sp³-hybridized carbons (Fsp3) is 0.875. The lowest BCUT2D eigenvalue weighted by Crippen LogP contribution is -2.48. The van der Waals surface area contributed by atoms with E-state index in [4.69, 9.17) is 0 Å². The molecule has 122 valence electrons. The standard InChI is InChI=1S/C16H30N2O3/c1-12(19)18(5)10-14(20)17-11-16(21)8-6-13(7-9-16)15(2,3)4/h13,21H,6-11H2,1-5H3,(H,17,20). The van der Waals surface area contributed by atoms with E-state index in [1.165, 1.54) is 11.8 Å². The van der Waals surface area contributed by atoms with Crippen molar-refractivity contribution in [2.24, 2.45) is 11.3 Å². The Bertz CT molecular complexity index is 379. The molecular weight excluding hydrogens is 268 g/mol. The highest BCUT2D eigenvalue weighted by Gasteiger charge is 2.37. The van der Waals surface area contributed by atoms with Crippen molar-refractivity contribution >= 4 is 11.8 Å². The van der Waals surface area contributed by atoms with Gasteiger partial charge in [-0.1, -0.05) is 20.8 Å². The van der Waals surface area contributed by atoms with Gasteiger partial charge in [0.25, 0.3) is 0 Å². The monoisotopic (exact) mass is 298 g/mol. The van der Waals surface area contributed by atoms with Crippen molar-refractivity contribution in [1.82, 2.24) is 10.2 Å². The normalized spacial score (nSPS) is 26.3. The van der Waals surface area contributed by atoms with Crippen LogP contribution in [0, 0.1) is 11.3 Å². The van der Waals surface area contributed by atoms with Crippen LogP contribution in [-0.2, 0) is 9.59 Å². The Morgan fingerprint density at radius 3 is 2.24 bits per heavy atom. The van der Waals surface area contributed by atoms with E-state index >= 15 is 0 Å². The fourth-order valence-corrected chi connectivity index (χ4v) is 2.84. The zero-order valence-electron chi connectivity index (χ0n) is 14.0. The summed E-state index contributed by atoms with van der Waals surface area (Å²) >= 11 is 0. The van der Waals surface area contributed by atoms with E-state index in [1.807, 2.05) is 0 Å². The molecule has 0 aromatic rings. The van der Waals surface area contributed by atoms with Gasteiger partial charge in [-0.2, -0.15) is 0 Å². The molecule has 0 bridgehead atoms. The lowest BCUT2D eigenvalue weighted by Gasteiger charge is -2.41. The minimum absolute atomic E-state index is 0.0377. The third-order valence-electron chi connectivity index (χ3n) is 4.67. The van der Waals surface area contributed by atoms with Gasteiger partial charge in [0.2, 0.25) is 11.8 Å². The molecule has 1 fully saturated rings. The molecule has 1 aliphatic rings. The minimum Gasteiger partial charge on any atom is -0.388 e. The first-order chi connectivity index (χ1) is 9.53. The Hall–Kier alpha value is -1.10. The van der Waals surface area contributed by atoms with Crippen molar-refractivity contribution in [1.29, 1.82) is 0 Å². The molecule has 0 spiro atoms. The third kappa shape index (κ3) is 5.65. The molecule has 2 amide bonds. The average Bonchev–Trinajstić information content (AvgIpc) is 2.36. The molecule has 1 aliphatic carbocycles. The Kier molecular flexibility index (Phi) is 5.79. The SMILES string of the molecule is CC(=O)N(C)CC(=O)NCC1(O)CCC(C(C)(C)C)CC1. The van der Waals surface area contributed by atoms with Gasteiger partial charge in [0.1, 0.15) is 0 Å². The van der Waals surface area contributed by atoms with Crippen LogP contribution in [0.25, 0.3) is 0 Å². The van der Waals surface area contributed by atoms with Gasteiger partial charge in [0.05, 0.1) is 12.1 Å². The number of rotatable bonds is 4. The fourth-order valence-electron chi connectivity index (χ4n) is 2.84. The maximum absolute atomic E-state index is 11.8. The van der Waals surface area contributed by atoms with Crippen LogP contribution in [0.15, 0.2) is 0 Å². The van der Waals surface area contributed by atoms with E-state index in [-0.39, 0.29) is 30.3 Å². The maximum atomic E-state index is 11.8. The summed E-state index contributed by atoms with van der Waals surface area (Å²) in [5.74, 6) is 0.255. The summed E-state index contributed by atoms with van der Waals surface area (Å²) in [7, 11) is 1.59. The van der Waals surface area contributed by atoms with Crippen LogP contribution in [0.4, 0.5) is 0 Å². The molecule has 2 N–H and O–H groups in total. The van der Waals surface area contributed by atoms with Crippen LogP contribution in [0.5, 0.6) is 0 Å². The lowest BCUT2D eigenvalue weighted by atomic mass is 9.68. The second-order valence-electron chi connectivity index (χ2n) is 7.52. The third-order valence-corrected chi connectivity index (χ3v) is 4.67. The highest BCUT2D eigenvalue weighted by atomic mass is 16.3. The van der Waals surface area contributed by atoms with Crippen molar-refractivity contribution in [2.45, 2.75) is 59.0 Å². The number of nitrogens with zero attached hydrogens (tertiary/aromatic N) is 1. The molecule has 21 heavy (non-hydrogen) atoms. The molecule has 0 aliphatic heterocycles. The van der Waals surface area contributed by atoms with E-state index in [0.717, 1.165) is 25.7 Å². The van der Waals surface area contributed by atoms with Crippen molar-refractivity contribution < 1.29 is 14.7 Å². The molecule has 5 nitrogen and oxygen atoms in total. The van der Waals surface area contributed by atoms with Gasteiger partial charge < -0.3 is 15.3 Å². The van der Waals surface area contributed by atoms with Crippen molar-refractivity contribution in [3.05, 3.63) is 0 Å². The second kappa shape index (κ2) is 6.77. The van der Waals surface area contributed by atoms with Gasteiger partial charge in [-0.3, -0.25) is 9.59 Å². The van der Waals surface area contributed by atoms with Gasteiger partial charge in [-0.25, -0.2) is 0 Å². The predicted octanol–water partition coefficient (Wildman–Crippen LogP) is 1.55. The molecule has 0 heterocycles. The molecule has 5 heteroatoms. The maximum Gasteiger partial charge on any atom is 0.239 e. The van der Waals surface area contributed by atoms with Gasteiger partial charge in [0.15, 0.2) is 0 Å². The number of nitrogens with one attached hydrogen (secondary N) is 1. The van der Waals surface area contributed by atoms with Crippen molar-refractivity contribution in [3.8, 4) is 0 Å². The van der Waals surface area contributed by atoms with Gasteiger partial charge in [-0.05, 0) is 37.0 Å². The second-order valence-corrected chi connectivity index (χ2v) is 7.52. The first kappa shape index (κ1) is 18.0. The zero-order valence-corrected chi connectivity index (χ0v) is 14.0. The molecule has 1 rings (SSSR count). The number of hydrogen-bond acceptors (Lipinski definition) is 3. The molecule has 0 radical (unpaired) electrons. The van der Waals surface area contributed by atoms with E-state index < -0.39 is 5.60 Å². The van der Waals surface area contributed by atoms with Crippen LogP contribution < -0.4 is 5.32 Å². The Balaban J connectivity index is 2.39. The molecule has 1 saturated carbocycles. The molecule has 0 unspecified atom stereocenters. The average molecular weight is 298 g/mol. The first-order valence-corrected chi connectivity index (χ1v) is 7.74. The van der Waals surface area contributed by atoms with E-state index in [1.54, 1.807) is 7.05 Å². The van der Waals surface area contributed by atoms with Crippen LogP contribution in [0.2, 0.25) is 0 Å². The van der Waals surface area contributed by atoms with Crippen LogP contribution in [-0.4, -0.2) is 47.6 Å². The van der Waals surface area contributed by atoms with Gasteiger partial charge in [0, 0.05) is 20.5 Å². The number of amides is 2. The highest BCUT2D eigenvalue weighted by molar-refractivity contribution is 5.83. The number of carbonyl (C=O) groups is 2. The first-order valence-electron chi connectivity index (χ1n) is 7.74. The Morgan fingerprint density at radius 1 is 1.29 bits per heavy atom. The summed E-state index contributed by atoms with van der Waals surface area (Å²) in [4.78, 5) is 24.2. The van der Waals surface area contributed by atoms with Crippen molar-refractivity contribution in [3.63, 3.8) is 0 Å². The zero-order chi connectivity index (χ0) is 16.3. The minimum atomic E-state index is -0.799. The van der Waals surface area contributed by atoms with E-state index in [2.05, 4.69) is 26.1 Å².